The average molecular weight is 283 g/mol. The van der Waals surface area contributed by atoms with E-state index < -0.39 is 12.0 Å². The molecule has 1 fully saturated rings. The fraction of sp³-hybridized carbons (Fsp3) is 0.714. The van der Waals surface area contributed by atoms with E-state index in [-0.39, 0.29) is 18.0 Å². The third kappa shape index (κ3) is 3.72. The third-order valence-corrected chi connectivity index (χ3v) is 4.11. The van der Waals surface area contributed by atoms with Gasteiger partial charge in [-0.15, -0.1) is 6.58 Å². The molecule has 0 radical (unpaired) electrons. The lowest BCUT2D eigenvalue weighted by Crippen LogP contribution is -2.59. The van der Waals surface area contributed by atoms with Crippen LogP contribution in [0.15, 0.2) is 12.7 Å². The predicted octanol–water partition coefficient (Wildman–Crippen LogP) is 1.14. The van der Waals surface area contributed by atoms with E-state index in [9.17, 15) is 9.59 Å². The number of likely N-dealkylation sites (N-methyl/N-ethyl adjacent to an activating group) is 2. The average Bonchev–Trinajstić information content (AvgIpc) is 2.31. The number of carboxylic acid groups (broad SMARTS) is 1. The highest BCUT2D eigenvalue weighted by atomic mass is 16.4. The van der Waals surface area contributed by atoms with Crippen LogP contribution in [-0.2, 0) is 4.79 Å². The van der Waals surface area contributed by atoms with Crippen molar-refractivity contribution in [1.82, 2.24) is 15.1 Å². The molecule has 2 N–H and O–H groups in total. The second kappa shape index (κ2) is 6.74. The Bertz CT molecular complexity index is 378. The summed E-state index contributed by atoms with van der Waals surface area (Å²) in [5.74, 6) is -1.04. The van der Waals surface area contributed by atoms with Crippen molar-refractivity contribution in [3.63, 3.8) is 0 Å². The highest BCUT2D eigenvalue weighted by Gasteiger charge is 2.40. The monoisotopic (exact) mass is 283 g/mol. The number of rotatable bonds is 7. The van der Waals surface area contributed by atoms with Gasteiger partial charge in [0.15, 0.2) is 0 Å². The number of amides is 2. The lowest BCUT2D eigenvalue weighted by atomic mass is 9.75. The number of carbonyl (C=O) groups excluding carboxylic acids is 1. The second-order valence-corrected chi connectivity index (χ2v) is 5.69. The molecule has 0 spiro atoms. The Kier molecular flexibility index (Phi) is 5.56. The topological polar surface area (TPSA) is 72.9 Å². The van der Waals surface area contributed by atoms with Crippen molar-refractivity contribution in [2.45, 2.75) is 37.3 Å². The molecular weight excluding hydrogens is 258 g/mol. The van der Waals surface area contributed by atoms with Gasteiger partial charge in [-0.1, -0.05) is 6.08 Å². The maximum absolute atomic E-state index is 12.1. The Labute approximate surface area is 120 Å². The fourth-order valence-electron chi connectivity index (χ4n) is 2.49. The molecule has 0 aliphatic heterocycles. The molecule has 1 aliphatic rings. The third-order valence-electron chi connectivity index (χ3n) is 4.11. The Morgan fingerprint density at radius 2 is 2.00 bits per heavy atom. The molecule has 1 atom stereocenters. The van der Waals surface area contributed by atoms with Crippen molar-refractivity contribution in [1.29, 1.82) is 0 Å². The molecule has 0 saturated heterocycles. The second-order valence-electron chi connectivity index (χ2n) is 5.69. The number of hydrogen-bond acceptors (Lipinski definition) is 3. The van der Waals surface area contributed by atoms with Gasteiger partial charge in [-0.2, -0.15) is 0 Å². The van der Waals surface area contributed by atoms with E-state index in [0.29, 0.717) is 6.54 Å². The first-order valence-corrected chi connectivity index (χ1v) is 6.85. The van der Waals surface area contributed by atoms with E-state index in [1.54, 1.807) is 11.9 Å². The van der Waals surface area contributed by atoms with Crippen LogP contribution in [0.2, 0.25) is 0 Å². The summed E-state index contributed by atoms with van der Waals surface area (Å²) < 4.78 is 0. The molecule has 1 aliphatic carbocycles. The molecule has 0 heterocycles. The van der Waals surface area contributed by atoms with Gasteiger partial charge in [-0.3, -0.25) is 0 Å². The van der Waals surface area contributed by atoms with E-state index in [1.807, 2.05) is 14.1 Å². The first-order chi connectivity index (χ1) is 9.32. The quantitative estimate of drug-likeness (QED) is 0.687. The number of nitrogens with zero attached hydrogens (tertiary/aromatic N) is 2. The zero-order valence-corrected chi connectivity index (χ0v) is 12.6. The van der Waals surface area contributed by atoms with Gasteiger partial charge in [-0.25, -0.2) is 9.59 Å². The van der Waals surface area contributed by atoms with Crippen LogP contribution in [0.5, 0.6) is 0 Å². The van der Waals surface area contributed by atoms with Gasteiger partial charge >= 0.3 is 12.0 Å². The zero-order valence-electron chi connectivity index (χ0n) is 12.6. The maximum Gasteiger partial charge on any atom is 0.326 e. The molecule has 1 unspecified atom stereocenters. The molecule has 6 nitrogen and oxygen atoms in total. The number of carboxylic acids is 1. The Morgan fingerprint density at radius 3 is 2.35 bits per heavy atom. The molecule has 114 valence electrons. The minimum absolute atomic E-state index is 0.0310. The Hall–Kier alpha value is -1.56. The van der Waals surface area contributed by atoms with Crippen LogP contribution in [-0.4, -0.2) is 66.2 Å². The zero-order chi connectivity index (χ0) is 15.3. The van der Waals surface area contributed by atoms with Crippen molar-refractivity contribution in [2.24, 2.45) is 0 Å². The van der Waals surface area contributed by atoms with Gasteiger partial charge in [0, 0.05) is 19.1 Å². The molecule has 2 amide bonds. The van der Waals surface area contributed by atoms with E-state index >= 15 is 0 Å². The number of aliphatic carboxylic acids is 1. The van der Waals surface area contributed by atoms with Gasteiger partial charge in [0.05, 0.1) is 0 Å². The van der Waals surface area contributed by atoms with Crippen LogP contribution in [0.4, 0.5) is 4.79 Å². The lowest BCUT2D eigenvalue weighted by molar-refractivity contribution is -0.139. The van der Waals surface area contributed by atoms with Crippen LogP contribution < -0.4 is 5.32 Å². The highest BCUT2D eigenvalue weighted by Crippen LogP contribution is 2.36. The van der Waals surface area contributed by atoms with Crippen LogP contribution in [0, 0.1) is 0 Å². The van der Waals surface area contributed by atoms with Gasteiger partial charge < -0.3 is 20.2 Å². The van der Waals surface area contributed by atoms with E-state index in [1.165, 1.54) is 12.5 Å². The molecular formula is C14H25N3O3. The van der Waals surface area contributed by atoms with E-state index in [2.05, 4.69) is 16.8 Å². The van der Waals surface area contributed by atoms with Crippen molar-refractivity contribution in [2.75, 3.05) is 27.7 Å². The van der Waals surface area contributed by atoms with E-state index in [4.69, 9.17) is 5.11 Å². The van der Waals surface area contributed by atoms with E-state index in [0.717, 1.165) is 12.8 Å². The normalized spacial score (nSPS) is 18.0. The van der Waals surface area contributed by atoms with Crippen molar-refractivity contribution in [3.05, 3.63) is 12.7 Å². The summed E-state index contributed by atoms with van der Waals surface area (Å²) in [4.78, 5) is 26.8. The number of hydrogen-bond donors (Lipinski definition) is 2. The summed E-state index contributed by atoms with van der Waals surface area (Å²) in [6.45, 7) is 4.11. The summed E-state index contributed by atoms with van der Waals surface area (Å²) in [5.41, 5.74) is 0.0310. The summed E-state index contributed by atoms with van der Waals surface area (Å²) in [6.07, 6.45) is 5.00. The largest absolute Gasteiger partial charge is 0.480 e. The van der Waals surface area contributed by atoms with Crippen LogP contribution in [0.25, 0.3) is 0 Å². The lowest BCUT2D eigenvalue weighted by Gasteiger charge is -2.49. The summed E-state index contributed by atoms with van der Waals surface area (Å²) in [7, 11) is 5.73. The number of nitrogens with one attached hydrogen (secondary N) is 1. The molecule has 1 saturated carbocycles. The number of urea groups is 1. The molecule has 1 rings (SSSR count). The fourth-order valence-corrected chi connectivity index (χ4v) is 2.49. The number of carbonyl (C=O) groups is 2. The van der Waals surface area contributed by atoms with Crippen molar-refractivity contribution in [3.8, 4) is 0 Å². The molecule has 0 aromatic carbocycles. The van der Waals surface area contributed by atoms with Gasteiger partial charge in [0.25, 0.3) is 0 Å². The van der Waals surface area contributed by atoms with Crippen LogP contribution >= 0.6 is 0 Å². The molecule has 0 bridgehead atoms. The highest BCUT2D eigenvalue weighted by molar-refractivity contribution is 5.82. The molecule has 6 heteroatoms. The van der Waals surface area contributed by atoms with Crippen molar-refractivity contribution >= 4 is 12.0 Å². The Balaban J connectivity index is 2.58. The summed E-state index contributed by atoms with van der Waals surface area (Å²) >= 11 is 0. The van der Waals surface area contributed by atoms with Crippen LogP contribution in [0.1, 0.15) is 25.7 Å². The Morgan fingerprint density at radius 1 is 1.40 bits per heavy atom. The van der Waals surface area contributed by atoms with Gasteiger partial charge in [0.2, 0.25) is 0 Å². The van der Waals surface area contributed by atoms with Gasteiger partial charge in [-0.05, 0) is 39.8 Å². The summed E-state index contributed by atoms with van der Waals surface area (Å²) in [6, 6.07) is -1.27. The van der Waals surface area contributed by atoms with Gasteiger partial charge in [0.1, 0.15) is 6.04 Å². The SMILES string of the molecule is C=CCC(NC(=O)N(C)CC1(N(C)C)CCC1)C(=O)O. The first-order valence-electron chi connectivity index (χ1n) is 6.85. The molecule has 0 aromatic heterocycles. The molecule has 20 heavy (non-hydrogen) atoms. The molecule has 0 aromatic rings. The van der Waals surface area contributed by atoms with Crippen LogP contribution in [0.3, 0.4) is 0 Å². The minimum atomic E-state index is -1.04. The maximum atomic E-state index is 12.1. The van der Waals surface area contributed by atoms with Crippen molar-refractivity contribution < 1.29 is 14.7 Å². The minimum Gasteiger partial charge on any atom is -0.480 e. The smallest absolute Gasteiger partial charge is 0.326 e. The first kappa shape index (κ1) is 16.5. The summed E-state index contributed by atoms with van der Waals surface area (Å²) in [5, 5.41) is 11.5. The predicted molar refractivity (Wildman–Crippen MR) is 77.7 cm³/mol. The standard InChI is InChI=1S/C14H25N3O3/c1-5-7-11(12(18)19)15-13(20)17(4)10-14(16(2)3)8-6-9-14/h5,11H,1,6-10H2,2-4H3,(H,15,20)(H,18,19).